The molecule has 21 heavy (non-hydrogen) atoms. The fraction of sp³-hybridized carbons (Fsp3) is 0.765. The van der Waals surface area contributed by atoms with E-state index in [1.54, 1.807) is 0 Å². The number of carbonyl (C=O) groups is 2. The van der Waals surface area contributed by atoms with Crippen molar-refractivity contribution in [2.75, 3.05) is 14.2 Å². The van der Waals surface area contributed by atoms with Crippen molar-refractivity contribution in [1.29, 1.82) is 0 Å². The van der Waals surface area contributed by atoms with E-state index in [0.29, 0.717) is 18.4 Å². The molecule has 116 valence electrons. The second-order valence-corrected chi connectivity index (χ2v) is 7.06. The first-order valence-corrected chi connectivity index (χ1v) is 8.01. The Hall–Kier alpha value is -1.32. The van der Waals surface area contributed by atoms with Crippen LogP contribution in [0.4, 0.5) is 0 Å². The van der Waals surface area contributed by atoms with Gasteiger partial charge in [-0.1, -0.05) is 18.6 Å². The van der Waals surface area contributed by atoms with Crippen LogP contribution in [0.5, 0.6) is 0 Å². The monoisotopic (exact) mass is 291 g/mol. The van der Waals surface area contributed by atoms with Crippen molar-refractivity contribution in [1.82, 2.24) is 4.90 Å². The number of allylic oxidation sites excluding steroid dienone is 1. The number of fused-ring (bicyclic) bond motifs is 3. The smallest absolute Gasteiger partial charge is 0.308 e. The summed E-state index contributed by atoms with van der Waals surface area (Å²) < 4.78 is 4.91. The van der Waals surface area contributed by atoms with Gasteiger partial charge in [-0.2, -0.15) is 0 Å². The van der Waals surface area contributed by atoms with Crippen molar-refractivity contribution >= 4 is 11.9 Å². The summed E-state index contributed by atoms with van der Waals surface area (Å²) in [5.74, 6) is 0.714. The molecule has 3 rings (SSSR count). The van der Waals surface area contributed by atoms with E-state index in [-0.39, 0.29) is 23.2 Å². The Balaban J connectivity index is 1.87. The molecular weight excluding hydrogens is 266 g/mol. The molecule has 1 saturated carbocycles. The largest absolute Gasteiger partial charge is 0.469 e. The van der Waals surface area contributed by atoms with E-state index in [1.165, 1.54) is 12.7 Å². The fourth-order valence-electron chi connectivity index (χ4n) is 4.85. The lowest BCUT2D eigenvalue weighted by atomic mass is 9.57. The topological polar surface area (TPSA) is 46.6 Å². The minimum absolute atomic E-state index is 0.0202. The summed E-state index contributed by atoms with van der Waals surface area (Å²) in [5, 5.41) is 0. The highest BCUT2D eigenvalue weighted by Gasteiger charge is 2.50. The highest BCUT2D eigenvalue weighted by Crippen LogP contribution is 2.54. The summed E-state index contributed by atoms with van der Waals surface area (Å²) in [6.07, 6.45) is 7.72. The number of rotatable bonds is 1. The molecule has 3 unspecified atom stereocenters. The van der Waals surface area contributed by atoms with Crippen LogP contribution < -0.4 is 0 Å². The van der Waals surface area contributed by atoms with Gasteiger partial charge in [0.1, 0.15) is 0 Å². The fourth-order valence-corrected chi connectivity index (χ4v) is 4.85. The Labute approximate surface area is 126 Å². The molecule has 3 aliphatic rings. The van der Waals surface area contributed by atoms with Crippen molar-refractivity contribution in [2.45, 2.75) is 51.5 Å². The van der Waals surface area contributed by atoms with Crippen molar-refractivity contribution in [3.63, 3.8) is 0 Å². The molecule has 4 heteroatoms. The molecule has 1 heterocycles. The van der Waals surface area contributed by atoms with Crippen LogP contribution in [0, 0.1) is 17.3 Å². The molecular formula is C17H25NO3. The summed E-state index contributed by atoms with van der Waals surface area (Å²) in [6, 6.07) is 0.330. The summed E-state index contributed by atoms with van der Waals surface area (Å²) in [7, 11) is 3.42. The van der Waals surface area contributed by atoms with Gasteiger partial charge in [0.25, 0.3) is 0 Å². The molecule has 0 aromatic heterocycles. The van der Waals surface area contributed by atoms with E-state index in [0.717, 1.165) is 32.1 Å². The number of hydrogen-bond donors (Lipinski definition) is 0. The summed E-state index contributed by atoms with van der Waals surface area (Å²) in [4.78, 5) is 25.7. The van der Waals surface area contributed by atoms with Crippen LogP contribution >= 0.6 is 0 Å². The number of carbonyl (C=O) groups excluding carboxylic acids is 2. The number of methoxy groups -OCH3 is 1. The van der Waals surface area contributed by atoms with E-state index in [1.807, 2.05) is 11.9 Å². The third kappa shape index (κ3) is 2.19. The lowest BCUT2D eigenvalue weighted by Gasteiger charge is -2.54. The number of esters is 1. The maximum Gasteiger partial charge on any atom is 0.308 e. The number of likely N-dealkylation sites (tertiary alicyclic amines) is 1. The number of piperidine rings is 1. The van der Waals surface area contributed by atoms with Gasteiger partial charge in [0.15, 0.2) is 0 Å². The predicted octanol–water partition coefficient (Wildman–Crippen LogP) is 2.53. The lowest BCUT2D eigenvalue weighted by molar-refractivity contribution is -0.146. The molecule has 2 aliphatic carbocycles. The lowest BCUT2D eigenvalue weighted by Crippen LogP contribution is -2.56. The molecule has 1 aliphatic heterocycles. The number of nitrogens with zero attached hydrogens (tertiary/aromatic N) is 1. The van der Waals surface area contributed by atoms with Crippen LogP contribution in [-0.4, -0.2) is 37.0 Å². The second-order valence-electron chi connectivity index (χ2n) is 7.06. The Kier molecular flexibility index (Phi) is 3.58. The van der Waals surface area contributed by atoms with Crippen LogP contribution in [0.15, 0.2) is 11.6 Å². The van der Waals surface area contributed by atoms with Gasteiger partial charge in [-0.05, 0) is 38.0 Å². The molecule has 0 bridgehead atoms. The zero-order valence-corrected chi connectivity index (χ0v) is 13.2. The van der Waals surface area contributed by atoms with Gasteiger partial charge in [-0.15, -0.1) is 0 Å². The molecule has 0 radical (unpaired) electrons. The molecule has 4 nitrogen and oxygen atoms in total. The SMILES string of the molecule is COC(=O)C1CC=C2C(CCC3N(C)C(=O)CC[C@]23C)C1. The molecule has 0 N–H and O–H groups in total. The molecule has 4 atom stereocenters. The Morgan fingerprint density at radius 2 is 2.19 bits per heavy atom. The van der Waals surface area contributed by atoms with E-state index < -0.39 is 0 Å². The highest BCUT2D eigenvalue weighted by molar-refractivity contribution is 5.78. The predicted molar refractivity (Wildman–Crippen MR) is 79.4 cm³/mol. The van der Waals surface area contributed by atoms with Crippen LogP contribution in [-0.2, 0) is 14.3 Å². The van der Waals surface area contributed by atoms with Gasteiger partial charge in [0.2, 0.25) is 5.91 Å². The van der Waals surface area contributed by atoms with Crippen LogP contribution in [0.3, 0.4) is 0 Å². The van der Waals surface area contributed by atoms with Gasteiger partial charge in [-0.3, -0.25) is 9.59 Å². The van der Waals surface area contributed by atoms with Gasteiger partial charge in [-0.25, -0.2) is 0 Å². The second kappa shape index (κ2) is 5.15. The average Bonchev–Trinajstić information content (AvgIpc) is 2.50. The molecule has 0 spiro atoms. The quantitative estimate of drug-likeness (QED) is 0.551. The van der Waals surface area contributed by atoms with Gasteiger partial charge < -0.3 is 9.64 Å². The maximum absolute atomic E-state index is 12.0. The Bertz CT molecular complexity index is 498. The highest BCUT2D eigenvalue weighted by atomic mass is 16.5. The summed E-state index contributed by atoms with van der Waals surface area (Å²) in [6.45, 7) is 2.32. The third-order valence-corrected chi connectivity index (χ3v) is 6.07. The Morgan fingerprint density at radius 1 is 1.43 bits per heavy atom. The molecule has 0 aromatic carbocycles. The molecule has 0 aromatic rings. The zero-order valence-electron chi connectivity index (χ0n) is 13.2. The molecule has 1 saturated heterocycles. The van der Waals surface area contributed by atoms with E-state index in [4.69, 9.17) is 4.74 Å². The van der Waals surface area contributed by atoms with Crippen LogP contribution in [0.25, 0.3) is 0 Å². The van der Waals surface area contributed by atoms with Crippen molar-refractivity contribution in [2.24, 2.45) is 17.3 Å². The minimum atomic E-state index is -0.0754. The van der Waals surface area contributed by atoms with Crippen molar-refractivity contribution < 1.29 is 14.3 Å². The molecule has 1 amide bonds. The zero-order chi connectivity index (χ0) is 15.2. The maximum atomic E-state index is 12.0. The number of amides is 1. The summed E-state index contributed by atoms with van der Waals surface area (Å²) >= 11 is 0. The van der Waals surface area contributed by atoms with Crippen LogP contribution in [0.2, 0.25) is 0 Å². The number of ether oxygens (including phenoxy) is 1. The first kappa shape index (κ1) is 14.6. The van der Waals surface area contributed by atoms with Gasteiger partial charge >= 0.3 is 5.97 Å². The first-order chi connectivity index (χ1) is 9.97. The van der Waals surface area contributed by atoms with Gasteiger partial charge in [0, 0.05) is 24.9 Å². The van der Waals surface area contributed by atoms with Crippen LogP contribution in [0.1, 0.15) is 45.4 Å². The standard InChI is InChI=1S/C17H25NO3/c1-17-9-8-15(19)18(2)14(17)7-5-11-10-12(16(20)21-3)4-6-13(11)17/h6,11-12,14H,4-5,7-10H2,1-3H3/t11?,12?,14?,17-/m1/s1. The normalized spacial score (nSPS) is 39.2. The minimum Gasteiger partial charge on any atom is -0.469 e. The Morgan fingerprint density at radius 3 is 2.90 bits per heavy atom. The molecule has 2 fully saturated rings. The van der Waals surface area contributed by atoms with E-state index in [9.17, 15) is 9.59 Å². The first-order valence-electron chi connectivity index (χ1n) is 8.01. The number of hydrogen-bond acceptors (Lipinski definition) is 3. The van der Waals surface area contributed by atoms with Gasteiger partial charge in [0.05, 0.1) is 13.0 Å². The summed E-state index contributed by atoms with van der Waals surface area (Å²) in [5.41, 5.74) is 1.60. The van der Waals surface area contributed by atoms with E-state index in [2.05, 4.69) is 13.0 Å². The van der Waals surface area contributed by atoms with Crippen molar-refractivity contribution in [3.05, 3.63) is 11.6 Å². The average molecular weight is 291 g/mol. The van der Waals surface area contributed by atoms with E-state index >= 15 is 0 Å². The van der Waals surface area contributed by atoms with Crippen molar-refractivity contribution in [3.8, 4) is 0 Å². The third-order valence-electron chi connectivity index (χ3n) is 6.07.